The largest absolute Gasteiger partial charge is 0.453 e. The minimum Gasteiger partial charge on any atom is -0.453 e. The summed E-state index contributed by atoms with van der Waals surface area (Å²) in [5.74, 6) is -4.69. The molecule has 4 rings (SSSR count). The number of allylic oxidation sites excluding steroid dienone is 1. The Labute approximate surface area is 197 Å². The molecule has 34 heavy (non-hydrogen) atoms. The number of cyclic esters (lactones) is 1. The molecule has 0 saturated carbocycles. The van der Waals surface area contributed by atoms with Crippen molar-refractivity contribution >= 4 is 35.2 Å². The molecule has 1 aliphatic rings. The second-order valence-corrected chi connectivity index (χ2v) is 8.17. The molecule has 0 fully saturated rings. The lowest BCUT2D eigenvalue weighted by molar-refractivity contribution is -0.143. The Morgan fingerprint density at radius 2 is 1.65 bits per heavy atom. The monoisotopic (exact) mass is 453 g/mol. The molecule has 1 amide bonds. The summed E-state index contributed by atoms with van der Waals surface area (Å²) in [7, 11) is 0. The van der Waals surface area contributed by atoms with Gasteiger partial charge in [-0.1, -0.05) is 72.3 Å². The van der Waals surface area contributed by atoms with Crippen molar-refractivity contribution in [3.8, 4) is 0 Å². The zero-order chi connectivity index (χ0) is 24.2. The van der Waals surface area contributed by atoms with Crippen LogP contribution < -0.4 is 5.32 Å². The van der Waals surface area contributed by atoms with Crippen molar-refractivity contribution < 1.29 is 23.9 Å². The molecule has 3 aromatic rings. The first-order valence-electron chi connectivity index (χ1n) is 10.8. The van der Waals surface area contributed by atoms with Crippen LogP contribution in [0.25, 0.3) is 6.08 Å². The molecule has 0 spiro atoms. The molecule has 2 unspecified atom stereocenters. The summed E-state index contributed by atoms with van der Waals surface area (Å²) < 4.78 is 5.43. The molecule has 3 aromatic carbocycles. The van der Waals surface area contributed by atoms with E-state index in [0.717, 1.165) is 16.7 Å². The number of rotatable bonds is 7. The number of Topliss-reactive ketones (excluding diaryl/α,β-unsaturated/α-hetero) is 1. The molecule has 1 aliphatic heterocycles. The summed E-state index contributed by atoms with van der Waals surface area (Å²) in [6, 6.07) is 21.0. The van der Waals surface area contributed by atoms with Crippen molar-refractivity contribution in [3.05, 3.63) is 107 Å². The van der Waals surface area contributed by atoms with Crippen LogP contribution in [0.15, 0.2) is 78.9 Å². The van der Waals surface area contributed by atoms with Gasteiger partial charge in [-0.2, -0.15) is 0 Å². The summed E-state index contributed by atoms with van der Waals surface area (Å²) in [5, 5.41) is 2.60. The Kier molecular flexibility index (Phi) is 6.50. The van der Waals surface area contributed by atoms with Crippen molar-refractivity contribution in [2.75, 3.05) is 5.32 Å². The van der Waals surface area contributed by atoms with E-state index in [0.29, 0.717) is 11.3 Å². The molecule has 0 aromatic heterocycles. The van der Waals surface area contributed by atoms with Crippen molar-refractivity contribution in [3.63, 3.8) is 0 Å². The van der Waals surface area contributed by atoms with Crippen LogP contribution in [0.3, 0.4) is 0 Å². The van der Waals surface area contributed by atoms with Crippen LogP contribution in [-0.4, -0.2) is 23.4 Å². The number of benzene rings is 3. The molecule has 0 radical (unpaired) electrons. The Hall–Kier alpha value is -4.32. The molecule has 2 atom stereocenters. The van der Waals surface area contributed by atoms with Crippen molar-refractivity contribution in [1.82, 2.24) is 0 Å². The van der Waals surface area contributed by atoms with E-state index in [-0.39, 0.29) is 5.56 Å². The number of carbonyl (C=O) groups excluding carboxylic acids is 4. The number of ketones is 2. The second-order valence-electron chi connectivity index (χ2n) is 8.17. The third-order valence-corrected chi connectivity index (χ3v) is 5.71. The quantitative estimate of drug-likeness (QED) is 0.244. The van der Waals surface area contributed by atoms with Gasteiger partial charge in [-0.15, -0.1) is 0 Å². The fourth-order valence-corrected chi connectivity index (χ4v) is 3.96. The molecule has 1 heterocycles. The Bertz CT molecular complexity index is 1310. The smallest absolute Gasteiger partial charge is 0.339 e. The van der Waals surface area contributed by atoms with E-state index < -0.39 is 35.5 Å². The molecule has 0 aliphatic carbocycles. The number of hydrogen-bond donors (Lipinski definition) is 1. The maximum atomic E-state index is 13.3. The van der Waals surface area contributed by atoms with E-state index in [9.17, 15) is 19.2 Å². The molecule has 6 heteroatoms. The first kappa shape index (κ1) is 22.9. The Morgan fingerprint density at radius 1 is 0.941 bits per heavy atom. The van der Waals surface area contributed by atoms with E-state index in [4.69, 9.17) is 4.74 Å². The lowest BCUT2D eigenvalue weighted by Gasteiger charge is -2.20. The summed E-state index contributed by atoms with van der Waals surface area (Å²) in [6.45, 7) is 3.73. The van der Waals surface area contributed by atoms with Gasteiger partial charge in [0.05, 0.1) is 5.56 Å². The fourth-order valence-electron chi connectivity index (χ4n) is 3.96. The summed E-state index contributed by atoms with van der Waals surface area (Å²) in [5.41, 5.74) is 3.71. The predicted octanol–water partition coefficient (Wildman–Crippen LogP) is 4.62. The van der Waals surface area contributed by atoms with E-state index >= 15 is 0 Å². The van der Waals surface area contributed by atoms with Crippen LogP contribution in [0.1, 0.15) is 38.7 Å². The second kappa shape index (κ2) is 9.67. The SMILES string of the molecule is Cc1ccc(NC(=O)C(=O)C(C(=O)C=Cc2ccccc2)C2OC(=O)c3ccccc32)c(C)c1. The van der Waals surface area contributed by atoms with Crippen molar-refractivity contribution in [2.45, 2.75) is 20.0 Å². The number of anilines is 1. The Morgan fingerprint density at radius 3 is 2.38 bits per heavy atom. The first-order chi connectivity index (χ1) is 16.3. The number of fused-ring (bicyclic) bond motifs is 1. The topological polar surface area (TPSA) is 89.5 Å². The fraction of sp³-hybridized carbons (Fsp3) is 0.143. The zero-order valence-electron chi connectivity index (χ0n) is 18.8. The van der Waals surface area contributed by atoms with Crippen LogP contribution in [0.2, 0.25) is 0 Å². The number of hydrogen-bond acceptors (Lipinski definition) is 5. The molecule has 0 saturated heterocycles. The van der Waals surface area contributed by atoms with Gasteiger partial charge in [0.15, 0.2) is 5.78 Å². The van der Waals surface area contributed by atoms with Gasteiger partial charge in [-0.3, -0.25) is 14.4 Å². The first-order valence-corrected chi connectivity index (χ1v) is 10.8. The van der Waals surface area contributed by atoms with Gasteiger partial charge in [-0.05, 0) is 43.2 Å². The number of carbonyl (C=O) groups is 4. The average molecular weight is 453 g/mol. The number of aryl methyl sites for hydroxylation is 2. The van der Waals surface area contributed by atoms with Crippen molar-refractivity contribution in [2.24, 2.45) is 5.92 Å². The van der Waals surface area contributed by atoms with E-state index in [1.54, 1.807) is 48.5 Å². The molecule has 170 valence electrons. The molecule has 0 bridgehead atoms. The van der Waals surface area contributed by atoms with Crippen LogP contribution in [0.4, 0.5) is 5.69 Å². The lowest BCUT2D eigenvalue weighted by atomic mass is 9.86. The highest BCUT2D eigenvalue weighted by molar-refractivity contribution is 6.45. The minimum absolute atomic E-state index is 0.278. The summed E-state index contributed by atoms with van der Waals surface area (Å²) >= 11 is 0. The number of esters is 1. The van der Waals surface area contributed by atoms with Gasteiger partial charge >= 0.3 is 5.97 Å². The highest BCUT2D eigenvalue weighted by Crippen LogP contribution is 2.37. The standard InChI is InChI=1S/C28H23NO5/c1-17-12-14-22(18(2)16-17)29-27(32)25(31)24(23(30)15-13-19-8-4-3-5-9-19)26-20-10-6-7-11-21(20)28(33)34-26/h3-16,24,26H,1-2H3,(H,29,32). The highest BCUT2D eigenvalue weighted by atomic mass is 16.5. The van der Waals surface area contributed by atoms with E-state index in [1.807, 2.05) is 44.2 Å². The van der Waals surface area contributed by atoms with Gasteiger partial charge in [0.25, 0.3) is 5.91 Å². The third-order valence-electron chi connectivity index (χ3n) is 5.71. The van der Waals surface area contributed by atoms with Gasteiger partial charge in [-0.25, -0.2) is 4.79 Å². The number of ether oxygens (including phenoxy) is 1. The van der Waals surface area contributed by atoms with Gasteiger partial charge in [0.2, 0.25) is 5.78 Å². The summed E-state index contributed by atoms with van der Waals surface area (Å²) in [4.78, 5) is 51.9. The number of amides is 1. The molecular weight excluding hydrogens is 430 g/mol. The Balaban J connectivity index is 1.66. The third kappa shape index (κ3) is 4.71. The number of nitrogens with one attached hydrogen (secondary N) is 1. The maximum absolute atomic E-state index is 13.3. The summed E-state index contributed by atoms with van der Waals surface area (Å²) in [6.07, 6.45) is 1.62. The lowest BCUT2D eigenvalue weighted by Crippen LogP contribution is -2.37. The maximum Gasteiger partial charge on any atom is 0.339 e. The van der Waals surface area contributed by atoms with E-state index in [1.165, 1.54) is 6.08 Å². The molecule has 6 nitrogen and oxygen atoms in total. The molecule has 1 N–H and O–H groups in total. The average Bonchev–Trinajstić information content (AvgIpc) is 3.16. The van der Waals surface area contributed by atoms with Crippen LogP contribution in [0, 0.1) is 19.8 Å². The van der Waals surface area contributed by atoms with Gasteiger partial charge in [0, 0.05) is 11.3 Å². The normalized spacial score (nSPS) is 15.5. The van der Waals surface area contributed by atoms with Crippen LogP contribution >= 0.6 is 0 Å². The van der Waals surface area contributed by atoms with Crippen LogP contribution in [-0.2, 0) is 19.1 Å². The van der Waals surface area contributed by atoms with Gasteiger partial charge in [0.1, 0.15) is 12.0 Å². The molecular formula is C28H23NO5. The predicted molar refractivity (Wildman–Crippen MR) is 128 cm³/mol. The zero-order valence-corrected chi connectivity index (χ0v) is 18.8. The van der Waals surface area contributed by atoms with Crippen LogP contribution in [0.5, 0.6) is 0 Å². The highest BCUT2D eigenvalue weighted by Gasteiger charge is 2.45. The van der Waals surface area contributed by atoms with E-state index in [2.05, 4.69) is 5.32 Å². The minimum atomic E-state index is -1.52. The van der Waals surface area contributed by atoms with Crippen molar-refractivity contribution in [1.29, 1.82) is 0 Å². The van der Waals surface area contributed by atoms with Gasteiger partial charge < -0.3 is 10.1 Å².